The van der Waals surface area contributed by atoms with E-state index < -0.39 is 27.5 Å². The van der Waals surface area contributed by atoms with Crippen LogP contribution in [0.2, 0.25) is 0 Å². The van der Waals surface area contributed by atoms with Crippen molar-refractivity contribution in [1.82, 2.24) is 9.97 Å². The van der Waals surface area contributed by atoms with E-state index in [1.54, 1.807) is 18.2 Å². The zero-order chi connectivity index (χ0) is 21.0. The molecular formula is C20H19F2N3O3S. The molecule has 0 amide bonds. The molecule has 0 bridgehead atoms. The second-order valence-electron chi connectivity index (χ2n) is 6.27. The molecule has 1 heterocycles. The smallest absolute Gasteiger partial charge is 0.218 e. The number of benzene rings is 2. The average Bonchev–Trinajstić information content (AvgIpc) is 2.68. The fourth-order valence-corrected chi connectivity index (χ4v) is 3.44. The summed E-state index contributed by atoms with van der Waals surface area (Å²) in [6.07, 6.45) is 2.41. The maximum Gasteiger partial charge on any atom is 0.218 e. The van der Waals surface area contributed by atoms with Gasteiger partial charge in [-0.25, -0.2) is 27.2 Å². The summed E-state index contributed by atoms with van der Waals surface area (Å²) < 4.78 is 56.6. The van der Waals surface area contributed by atoms with Crippen LogP contribution in [0.1, 0.15) is 24.1 Å². The first kappa shape index (κ1) is 20.7. The summed E-state index contributed by atoms with van der Waals surface area (Å²) in [6.45, 7) is 2.23. The highest BCUT2D eigenvalue weighted by Gasteiger charge is 2.19. The van der Waals surface area contributed by atoms with Crippen molar-refractivity contribution in [2.75, 3.05) is 18.2 Å². The normalized spacial score (nSPS) is 12.4. The maximum absolute atomic E-state index is 13.9. The molecule has 0 saturated carbocycles. The predicted octanol–water partition coefficient (Wildman–Crippen LogP) is 3.76. The SMILES string of the molecule is CCOc1cc(NC(c2cccc(S(C)(=O)=O)c2)c2ccc(F)c(F)c2)ncn1. The van der Waals surface area contributed by atoms with E-state index >= 15 is 0 Å². The van der Waals surface area contributed by atoms with Crippen LogP contribution >= 0.6 is 0 Å². The number of rotatable bonds is 7. The number of anilines is 1. The maximum atomic E-state index is 13.9. The topological polar surface area (TPSA) is 81.2 Å². The Kier molecular flexibility index (Phi) is 6.07. The van der Waals surface area contributed by atoms with Crippen LogP contribution in [0.3, 0.4) is 0 Å². The van der Waals surface area contributed by atoms with Crippen LogP contribution in [0.25, 0.3) is 0 Å². The third-order valence-electron chi connectivity index (χ3n) is 4.12. The van der Waals surface area contributed by atoms with E-state index in [1.165, 1.54) is 24.5 Å². The number of hydrogen-bond acceptors (Lipinski definition) is 6. The Balaban J connectivity index is 2.07. The Hall–Kier alpha value is -3.07. The van der Waals surface area contributed by atoms with Crippen LogP contribution in [-0.2, 0) is 9.84 Å². The number of sulfone groups is 1. The van der Waals surface area contributed by atoms with Gasteiger partial charge in [0.15, 0.2) is 21.5 Å². The van der Waals surface area contributed by atoms with E-state index in [4.69, 9.17) is 4.74 Å². The van der Waals surface area contributed by atoms with Gasteiger partial charge < -0.3 is 10.1 Å². The van der Waals surface area contributed by atoms with Crippen molar-refractivity contribution in [3.8, 4) is 5.88 Å². The standard InChI is InChI=1S/C20H19F2N3O3S/c1-3-28-19-11-18(23-12-24-19)25-20(14-7-8-16(21)17(22)10-14)13-5-4-6-15(9-13)29(2,26)27/h4-12,20H,3H2,1-2H3,(H,23,24,25). The number of halogens is 2. The van der Waals surface area contributed by atoms with E-state index in [0.29, 0.717) is 29.4 Å². The Labute approximate surface area is 167 Å². The molecule has 0 saturated heterocycles. The first-order valence-corrected chi connectivity index (χ1v) is 10.6. The van der Waals surface area contributed by atoms with Crippen molar-refractivity contribution in [2.45, 2.75) is 17.9 Å². The molecule has 3 aromatic rings. The van der Waals surface area contributed by atoms with Gasteiger partial charge in [-0.05, 0) is 42.3 Å². The second kappa shape index (κ2) is 8.52. The monoisotopic (exact) mass is 419 g/mol. The molecule has 0 spiro atoms. The lowest BCUT2D eigenvalue weighted by molar-refractivity contribution is 0.326. The minimum Gasteiger partial charge on any atom is -0.478 e. The molecule has 1 unspecified atom stereocenters. The molecule has 1 atom stereocenters. The number of ether oxygens (including phenoxy) is 1. The van der Waals surface area contributed by atoms with Crippen LogP contribution in [0.5, 0.6) is 5.88 Å². The van der Waals surface area contributed by atoms with E-state index in [-0.39, 0.29) is 4.90 Å². The Morgan fingerprint density at radius 2 is 1.79 bits per heavy atom. The van der Waals surface area contributed by atoms with Gasteiger partial charge in [-0.3, -0.25) is 0 Å². The van der Waals surface area contributed by atoms with Crippen LogP contribution in [0, 0.1) is 11.6 Å². The summed E-state index contributed by atoms with van der Waals surface area (Å²) in [5, 5.41) is 3.12. The van der Waals surface area contributed by atoms with Crippen LogP contribution in [-0.4, -0.2) is 31.2 Å². The van der Waals surface area contributed by atoms with Crippen molar-refractivity contribution in [3.63, 3.8) is 0 Å². The molecule has 0 aliphatic rings. The highest BCUT2D eigenvalue weighted by molar-refractivity contribution is 7.90. The van der Waals surface area contributed by atoms with Crippen molar-refractivity contribution in [3.05, 3.63) is 77.6 Å². The Morgan fingerprint density at radius 1 is 1.03 bits per heavy atom. The van der Waals surface area contributed by atoms with Gasteiger partial charge in [-0.2, -0.15) is 0 Å². The highest BCUT2D eigenvalue weighted by Crippen LogP contribution is 2.29. The molecule has 0 fully saturated rings. The molecule has 3 rings (SSSR count). The van der Waals surface area contributed by atoms with E-state index in [2.05, 4.69) is 15.3 Å². The minimum atomic E-state index is -3.45. The summed E-state index contributed by atoms with van der Waals surface area (Å²) in [6, 6.07) is 10.6. The average molecular weight is 419 g/mol. The van der Waals surface area contributed by atoms with Crippen molar-refractivity contribution >= 4 is 15.7 Å². The fourth-order valence-electron chi connectivity index (χ4n) is 2.77. The molecule has 9 heteroatoms. The van der Waals surface area contributed by atoms with E-state index in [0.717, 1.165) is 18.4 Å². The zero-order valence-corrected chi connectivity index (χ0v) is 16.6. The number of nitrogens with zero attached hydrogens (tertiary/aromatic N) is 2. The van der Waals surface area contributed by atoms with Crippen LogP contribution in [0.4, 0.5) is 14.6 Å². The molecule has 1 N–H and O–H groups in total. The Bertz CT molecular complexity index is 1120. The molecule has 0 radical (unpaired) electrons. The number of aromatic nitrogens is 2. The van der Waals surface area contributed by atoms with Crippen LogP contribution < -0.4 is 10.1 Å². The molecular weight excluding hydrogens is 400 g/mol. The molecule has 29 heavy (non-hydrogen) atoms. The quantitative estimate of drug-likeness (QED) is 0.628. The predicted molar refractivity (Wildman–Crippen MR) is 105 cm³/mol. The first-order valence-electron chi connectivity index (χ1n) is 8.74. The summed E-state index contributed by atoms with van der Waals surface area (Å²) in [7, 11) is -3.45. The largest absolute Gasteiger partial charge is 0.478 e. The minimum absolute atomic E-state index is 0.113. The summed E-state index contributed by atoms with van der Waals surface area (Å²) in [5.74, 6) is -1.26. The lowest BCUT2D eigenvalue weighted by Crippen LogP contribution is -2.15. The third kappa shape index (κ3) is 5.05. The molecule has 152 valence electrons. The van der Waals surface area contributed by atoms with Crippen molar-refractivity contribution in [2.24, 2.45) is 0 Å². The molecule has 1 aromatic heterocycles. The molecule has 0 aliphatic carbocycles. The van der Waals surface area contributed by atoms with Gasteiger partial charge in [0.25, 0.3) is 0 Å². The van der Waals surface area contributed by atoms with Gasteiger partial charge in [0.1, 0.15) is 12.1 Å². The van der Waals surface area contributed by atoms with Gasteiger partial charge in [-0.15, -0.1) is 0 Å². The second-order valence-corrected chi connectivity index (χ2v) is 8.29. The zero-order valence-electron chi connectivity index (χ0n) is 15.8. The van der Waals surface area contributed by atoms with Gasteiger partial charge in [0, 0.05) is 12.3 Å². The van der Waals surface area contributed by atoms with Gasteiger partial charge >= 0.3 is 0 Å². The highest BCUT2D eigenvalue weighted by atomic mass is 32.2. The van der Waals surface area contributed by atoms with Crippen LogP contribution in [0.15, 0.2) is 59.8 Å². The molecule has 0 aliphatic heterocycles. The summed E-state index contributed by atoms with van der Waals surface area (Å²) in [4.78, 5) is 8.24. The molecule has 6 nitrogen and oxygen atoms in total. The van der Waals surface area contributed by atoms with Crippen molar-refractivity contribution in [1.29, 1.82) is 0 Å². The van der Waals surface area contributed by atoms with Gasteiger partial charge in [0.2, 0.25) is 5.88 Å². The molecule has 2 aromatic carbocycles. The summed E-state index contributed by atoms with van der Waals surface area (Å²) in [5.41, 5.74) is 0.932. The van der Waals surface area contributed by atoms with E-state index in [1.807, 2.05) is 6.92 Å². The number of hydrogen-bond donors (Lipinski definition) is 1. The lowest BCUT2D eigenvalue weighted by atomic mass is 9.98. The lowest BCUT2D eigenvalue weighted by Gasteiger charge is -2.21. The first-order chi connectivity index (χ1) is 13.8. The fraction of sp³-hybridized carbons (Fsp3) is 0.200. The van der Waals surface area contributed by atoms with Gasteiger partial charge in [0.05, 0.1) is 17.5 Å². The van der Waals surface area contributed by atoms with Crippen molar-refractivity contribution < 1.29 is 21.9 Å². The third-order valence-corrected chi connectivity index (χ3v) is 5.23. The number of nitrogens with one attached hydrogen (secondary N) is 1. The summed E-state index contributed by atoms with van der Waals surface area (Å²) >= 11 is 0. The van der Waals surface area contributed by atoms with Gasteiger partial charge in [-0.1, -0.05) is 18.2 Å². The van der Waals surface area contributed by atoms with E-state index in [9.17, 15) is 17.2 Å². The Morgan fingerprint density at radius 3 is 2.48 bits per heavy atom.